The Balaban J connectivity index is 1.80. The van der Waals surface area contributed by atoms with E-state index in [0.717, 1.165) is 5.56 Å². The topological polar surface area (TPSA) is 77.1 Å². The summed E-state index contributed by atoms with van der Waals surface area (Å²) in [4.78, 5) is 26.3. The average Bonchev–Trinajstić information content (AvgIpc) is 3.25. The van der Waals surface area contributed by atoms with Gasteiger partial charge >= 0.3 is 0 Å². The van der Waals surface area contributed by atoms with Gasteiger partial charge in [-0.2, -0.15) is 5.10 Å². The molecule has 2 aromatic carbocycles. The molecule has 1 N–H and O–H groups in total. The molecule has 6 nitrogen and oxygen atoms in total. The summed E-state index contributed by atoms with van der Waals surface area (Å²) in [5.41, 5.74) is 3.16. The van der Waals surface area contributed by atoms with E-state index in [0.29, 0.717) is 34.5 Å². The number of benzene rings is 2. The van der Waals surface area contributed by atoms with Crippen LogP contribution in [-0.2, 0) is 6.54 Å². The van der Waals surface area contributed by atoms with Gasteiger partial charge in [-0.1, -0.05) is 53.6 Å². The minimum Gasteiger partial charge on any atom is -0.450 e. The standard InChI is InChI=1S/C23H20ClN3O3/c1-4-27-20(18(24)14(3)26-27)23(29)25-19-16-7-5-6-8-17(16)30-22(19)21(28)15-11-9-13(2)10-12-15/h5-12H,4H2,1-3H3,(H,25,29). The molecule has 0 saturated carbocycles. The monoisotopic (exact) mass is 421 g/mol. The van der Waals surface area contributed by atoms with Crippen LogP contribution in [0.25, 0.3) is 11.0 Å². The molecule has 0 aliphatic rings. The largest absolute Gasteiger partial charge is 0.450 e. The Labute approximate surface area is 178 Å². The highest BCUT2D eigenvalue weighted by atomic mass is 35.5. The van der Waals surface area contributed by atoms with Gasteiger partial charge in [0.05, 0.1) is 16.4 Å². The van der Waals surface area contributed by atoms with Crippen LogP contribution < -0.4 is 5.32 Å². The Hall–Kier alpha value is -3.38. The first-order valence-electron chi connectivity index (χ1n) is 9.57. The van der Waals surface area contributed by atoms with Gasteiger partial charge in [0, 0.05) is 17.5 Å². The lowest BCUT2D eigenvalue weighted by Crippen LogP contribution is -2.19. The highest BCUT2D eigenvalue weighted by Gasteiger charge is 2.26. The Morgan fingerprint density at radius 3 is 2.50 bits per heavy atom. The third-order valence-corrected chi connectivity index (χ3v) is 5.38. The summed E-state index contributed by atoms with van der Waals surface area (Å²) in [5, 5.41) is 8.05. The van der Waals surface area contributed by atoms with Crippen LogP contribution in [0.1, 0.15) is 44.8 Å². The fraction of sp³-hybridized carbons (Fsp3) is 0.174. The molecule has 7 heteroatoms. The Morgan fingerprint density at radius 2 is 1.80 bits per heavy atom. The normalized spacial score (nSPS) is 11.1. The molecule has 0 bridgehead atoms. The molecular weight excluding hydrogens is 402 g/mol. The smallest absolute Gasteiger partial charge is 0.275 e. The number of ketones is 1. The van der Waals surface area contributed by atoms with Crippen molar-refractivity contribution in [1.29, 1.82) is 0 Å². The second-order valence-electron chi connectivity index (χ2n) is 7.02. The molecule has 1 amide bonds. The number of rotatable bonds is 5. The van der Waals surface area contributed by atoms with Gasteiger partial charge in [0.1, 0.15) is 11.3 Å². The van der Waals surface area contributed by atoms with Gasteiger partial charge in [-0.3, -0.25) is 14.3 Å². The zero-order chi connectivity index (χ0) is 21.4. The third-order valence-electron chi connectivity index (χ3n) is 4.92. The number of hydrogen-bond donors (Lipinski definition) is 1. The van der Waals surface area contributed by atoms with E-state index < -0.39 is 5.91 Å². The number of carbonyl (C=O) groups excluding carboxylic acids is 2. The average molecular weight is 422 g/mol. The number of aromatic nitrogens is 2. The van der Waals surface area contributed by atoms with E-state index >= 15 is 0 Å². The summed E-state index contributed by atoms with van der Waals surface area (Å²) in [7, 11) is 0. The summed E-state index contributed by atoms with van der Waals surface area (Å²) >= 11 is 6.32. The van der Waals surface area contributed by atoms with Gasteiger partial charge in [0.15, 0.2) is 5.76 Å². The molecule has 30 heavy (non-hydrogen) atoms. The first-order chi connectivity index (χ1) is 14.4. The van der Waals surface area contributed by atoms with Crippen LogP contribution in [0, 0.1) is 13.8 Å². The second kappa shape index (κ2) is 7.80. The van der Waals surface area contributed by atoms with Gasteiger partial charge in [-0.05, 0) is 32.9 Å². The van der Waals surface area contributed by atoms with Gasteiger partial charge in [0.2, 0.25) is 5.78 Å². The van der Waals surface area contributed by atoms with Crippen LogP contribution in [0.15, 0.2) is 52.9 Å². The number of fused-ring (bicyclic) bond motifs is 1. The Bertz CT molecular complexity index is 1270. The van der Waals surface area contributed by atoms with Crippen LogP contribution in [0.5, 0.6) is 0 Å². The van der Waals surface area contributed by atoms with Crippen LogP contribution in [0.2, 0.25) is 5.02 Å². The minimum atomic E-state index is -0.452. The van der Waals surface area contributed by atoms with Crippen molar-refractivity contribution in [2.75, 3.05) is 5.32 Å². The van der Waals surface area contributed by atoms with Crippen molar-refractivity contribution >= 4 is 39.9 Å². The molecule has 2 heterocycles. The summed E-state index contributed by atoms with van der Waals surface area (Å²) in [6.07, 6.45) is 0. The lowest BCUT2D eigenvalue weighted by molar-refractivity contribution is 0.101. The summed E-state index contributed by atoms with van der Waals surface area (Å²) in [5.74, 6) is -0.691. The number of carbonyl (C=O) groups is 2. The Morgan fingerprint density at radius 1 is 1.10 bits per heavy atom. The van der Waals surface area contributed by atoms with E-state index in [-0.39, 0.29) is 22.3 Å². The Kier molecular flexibility index (Phi) is 5.18. The van der Waals surface area contributed by atoms with Crippen molar-refractivity contribution in [3.63, 3.8) is 0 Å². The van der Waals surface area contributed by atoms with E-state index in [4.69, 9.17) is 16.0 Å². The third kappa shape index (κ3) is 3.39. The molecule has 0 radical (unpaired) electrons. The first kappa shape index (κ1) is 19.9. The van der Waals surface area contributed by atoms with Crippen molar-refractivity contribution in [2.45, 2.75) is 27.3 Å². The van der Waals surface area contributed by atoms with Crippen molar-refractivity contribution in [3.8, 4) is 0 Å². The van der Waals surface area contributed by atoms with Crippen LogP contribution in [-0.4, -0.2) is 21.5 Å². The maximum absolute atomic E-state index is 13.2. The maximum atomic E-state index is 13.2. The lowest BCUT2D eigenvalue weighted by atomic mass is 10.1. The van der Waals surface area contributed by atoms with Gasteiger partial charge < -0.3 is 9.73 Å². The molecule has 4 aromatic rings. The molecule has 0 spiro atoms. The van der Waals surface area contributed by atoms with E-state index in [2.05, 4.69) is 10.4 Å². The minimum absolute atomic E-state index is 0.0730. The van der Waals surface area contributed by atoms with E-state index in [1.54, 1.807) is 31.2 Å². The summed E-state index contributed by atoms with van der Waals surface area (Å²) < 4.78 is 7.39. The zero-order valence-corrected chi connectivity index (χ0v) is 17.6. The van der Waals surface area contributed by atoms with Crippen molar-refractivity contribution in [1.82, 2.24) is 9.78 Å². The molecule has 0 aliphatic carbocycles. The fourth-order valence-electron chi connectivity index (χ4n) is 3.34. The molecule has 2 aromatic heterocycles. The number of anilines is 1. The number of para-hydroxylation sites is 1. The lowest BCUT2D eigenvalue weighted by Gasteiger charge is -2.08. The SMILES string of the molecule is CCn1nc(C)c(Cl)c1C(=O)Nc1c(C(=O)c2ccc(C)cc2)oc2ccccc12. The van der Waals surface area contributed by atoms with E-state index in [9.17, 15) is 9.59 Å². The fourth-order valence-corrected chi connectivity index (χ4v) is 3.56. The maximum Gasteiger partial charge on any atom is 0.275 e. The number of furan rings is 1. The molecule has 4 rings (SSSR count). The number of hydrogen-bond acceptors (Lipinski definition) is 4. The van der Waals surface area contributed by atoms with Crippen molar-refractivity contribution < 1.29 is 14.0 Å². The number of halogens is 1. The number of nitrogens with zero attached hydrogens (tertiary/aromatic N) is 2. The van der Waals surface area contributed by atoms with Crippen LogP contribution in [0.4, 0.5) is 5.69 Å². The van der Waals surface area contributed by atoms with Crippen LogP contribution >= 0.6 is 11.6 Å². The predicted octanol–water partition coefficient (Wildman–Crippen LogP) is 5.40. The first-order valence-corrected chi connectivity index (χ1v) is 9.95. The van der Waals surface area contributed by atoms with Crippen LogP contribution in [0.3, 0.4) is 0 Å². The molecule has 0 unspecified atom stereocenters. The quantitative estimate of drug-likeness (QED) is 0.437. The highest BCUT2D eigenvalue weighted by Crippen LogP contribution is 2.33. The number of aryl methyl sites for hydroxylation is 3. The molecule has 152 valence electrons. The van der Waals surface area contributed by atoms with Gasteiger partial charge in [-0.25, -0.2) is 0 Å². The molecule has 0 aliphatic heterocycles. The van der Waals surface area contributed by atoms with Gasteiger partial charge in [-0.15, -0.1) is 0 Å². The number of nitrogens with one attached hydrogen (secondary N) is 1. The summed E-state index contributed by atoms with van der Waals surface area (Å²) in [6.45, 7) is 6.05. The van der Waals surface area contributed by atoms with E-state index in [1.165, 1.54) is 4.68 Å². The van der Waals surface area contributed by atoms with Crippen molar-refractivity contribution in [3.05, 3.63) is 81.8 Å². The van der Waals surface area contributed by atoms with Gasteiger partial charge in [0.25, 0.3) is 5.91 Å². The number of amides is 1. The highest BCUT2D eigenvalue weighted by molar-refractivity contribution is 6.35. The summed E-state index contributed by atoms with van der Waals surface area (Å²) in [6, 6.07) is 14.4. The molecular formula is C23H20ClN3O3. The molecule has 0 saturated heterocycles. The van der Waals surface area contributed by atoms with E-state index in [1.807, 2.05) is 38.1 Å². The molecule has 0 fully saturated rings. The predicted molar refractivity (Wildman–Crippen MR) is 116 cm³/mol. The van der Waals surface area contributed by atoms with Crippen molar-refractivity contribution in [2.24, 2.45) is 0 Å². The molecule has 0 atom stereocenters. The second-order valence-corrected chi connectivity index (χ2v) is 7.39. The zero-order valence-electron chi connectivity index (χ0n) is 16.8.